The maximum absolute atomic E-state index is 12.3. The smallest absolute Gasteiger partial charge is 0.315 e. The summed E-state index contributed by atoms with van der Waals surface area (Å²) in [6.07, 6.45) is -3.05. The van der Waals surface area contributed by atoms with Crippen LogP contribution in [0.5, 0.6) is 0 Å². The average Bonchev–Trinajstić information content (AvgIpc) is 2.34. The van der Waals surface area contributed by atoms with Crippen molar-refractivity contribution in [2.24, 2.45) is 5.92 Å². The molecule has 1 heterocycles. The molecule has 0 aromatic heterocycles. The van der Waals surface area contributed by atoms with E-state index in [1.165, 1.54) is 4.90 Å². The largest absolute Gasteiger partial charge is 0.401 e. The molecule has 0 aromatic rings. The number of rotatable bonds is 7. The van der Waals surface area contributed by atoms with Gasteiger partial charge in [0.25, 0.3) is 0 Å². The van der Waals surface area contributed by atoms with Crippen LogP contribution < -0.4 is 5.32 Å². The first kappa shape index (κ1) is 17.7. The molecule has 1 saturated heterocycles. The van der Waals surface area contributed by atoms with Crippen LogP contribution in [0.15, 0.2) is 0 Å². The molecule has 1 fully saturated rings. The summed E-state index contributed by atoms with van der Waals surface area (Å²) in [7, 11) is 0. The molecule has 0 radical (unpaired) electrons. The SMILES string of the molecule is CCC(CNCC(C)C)N1CCN(CC(F)(F)F)CC1. The Morgan fingerprint density at radius 1 is 1.05 bits per heavy atom. The van der Waals surface area contributed by atoms with Crippen LogP contribution in [0.1, 0.15) is 27.2 Å². The summed E-state index contributed by atoms with van der Waals surface area (Å²) in [5.41, 5.74) is 0. The van der Waals surface area contributed by atoms with Crippen molar-refractivity contribution >= 4 is 0 Å². The summed E-state index contributed by atoms with van der Waals surface area (Å²) in [5, 5.41) is 3.45. The van der Waals surface area contributed by atoms with Crippen LogP contribution in [0.2, 0.25) is 0 Å². The minimum absolute atomic E-state index is 0.432. The Kier molecular flexibility index (Phi) is 7.26. The third-order valence-corrected chi connectivity index (χ3v) is 3.73. The van der Waals surface area contributed by atoms with E-state index >= 15 is 0 Å². The van der Waals surface area contributed by atoms with Gasteiger partial charge in [0.15, 0.2) is 0 Å². The van der Waals surface area contributed by atoms with Crippen molar-refractivity contribution in [2.45, 2.75) is 39.4 Å². The van der Waals surface area contributed by atoms with Crippen LogP contribution in [0, 0.1) is 5.92 Å². The van der Waals surface area contributed by atoms with Crippen molar-refractivity contribution in [3.8, 4) is 0 Å². The van der Waals surface area contributed by atoms with Crippen LogP contribution in [0.25, 0.3) is 0 Å². The molecule has 0 spiro atoms. The molecule has 20 heavy (non-hydrogen) atoms. The van der Waals surface area contributed by atoms with Gasteiger partial charge in [-0.3, -0.25) is 9.80 Å². The molecule has 120 valence electrons. The summed E-state index contributed by atoms with van der Waals surface area (Å²) in [4.78, 5) is 3.82. The molecule has 6 heteroatoms. The third-order valence-electron chi connectivity index (χ3n) is 3.73. The zero-order valence-electron chi connectivity index (χ0n) is 12.8. The molecule has 1 aliphatic rings. The van der Waals surface area contributed by atoms with E-state index in [4.69, 9.17) is 0 Å². The van der Waals surface area contributed by atoms with Crippen LogP contribution in [0.3, 0.4) is 0 Å². The summed E-state index contributed by atoms with van der Waals surface area (Å²) in [6, 6.07) is 0.432. The van der Waals surface area contributed by atoms with Crippen LogP contribution in [-0.4, -0.2) is 67.8 Å². The first-order chi connectivity index (χ1) is 9.31. The average molecular weight is 295 g/mol. The molecular weight excluding hydrogens is 267 g/mol. The second kappa shape index (κ2) is 8.20. The Bertz CT molecular complexity index is 261. The zero-order valence-corrected chi connectivity index (χ0v) is 12.8. The second-order valence-electron chi connectivity index (χ2n) is 6.04. The highest BCUT2D eigenvalue weighted by Gasteiger charge is 2.32. The van der Waals surface area contributed by atoms with Gasteiger partial charge in [0.05, 0.1) is 6.54 Å². The predicted octanol–water partition coefficient (Wildman–Crippen LogP) is 2.19. The maximum Gasteiger partial charge on any atom is 0.401 e. The molecule has 1 atom stereocenters. The molecule has 0 amide bonds. The summed E-state index contributed by atoms with van der Waals surface area (Å²) in [5.74, 6) is 0.621. The Labute approximate surface area is 120 Å². The number of hydrogen-bond donors (Lipinski definition) is 1. The monoisotopic (exact) mass is 295 g/mol. The number of hydrogen-bond acceptors (Lipinski definition) is 3. The van der Waals surface area contributed by atoms with Crippen molar-refractivity contribution in [1.82, 2.24) is 15.1 Å². The van der Waals surface area contributed by atoms with E-state index in [1.54, 1.807) is 0 Å². The van der Waals surface area contributed by atoms with Crippen molar-refractivity contribution in [3.05, 3.63) is 0 Å². The van der Waals surface area contributed by atoms with E-state index in [0.717, 1.165) is 32.6 Å². The van der Waals surface area contributed by atoms with Crippen molar-refractivity contribution in [2.75, 3.05) is 45.8 Å². The zero-order chi connectivity index (χ0) is 15.2. The minimum atomic E-state index is -4.08. The third kappa shape index (κ3) is 6.90. The van der Waals surface area contributed by atoms with Crippen molar-refractivity contribution in [1.29, 1.82) is 0 Å². The Morgan fingerprint density at radius 2 is 1.65 bits per heavy atom. The molecule has 3 nitrogen and oxygen atoms in total. The van der Waals surface area contributed by atoms with E-state index in [1.807, 2.05) is 0 Å². The van der Waals surface area contributed by atoms with Crippen molar-refractivity contribution in [3.63, 3.8) is 0 Å². The Hall–Kier alpha value is -0.330. The van der Waals surface area contributed by atoms with Crippen LogP contribution in [0.4, 0.5) is 13.2 Å². The minimum Gasteiger partial charge on any atom is -0.315 e. The lowest BCUT2D eigenvalue weighted by Crippen LogP contribution is -2.54. The fraction of sp³-hybridized carbons (Fsp3) is 1.00. The van der Waals surface area contributed by atoms with E-state index in [-0.39, 0.29) is 0 Å². The normalized spacial score (nSPS) is 20.6. The van der Waals surface area contributed by atoms with Gasteiger partial charge in [-0.15, -0.1) is 0 Å². The highest BCUT2D eigenvalue weighted by atomic mass is 19.4. The van der Waals surface area contributed by atoms with Gasteiger partial charge in [0, 0.05) is 38.8 Å². The van der Waals surface area contributed by atoms with E-state index in [9.17, 15) is 13.2 Å². The lowest BCUT2D eigenvalue weighted by molar-refractivity contribution is -0.149. The highest BCUT2D eigenvalue weighted by Crippen LogP contribution is 2.18. The summed E-state index contributed by atoms with van der Waals surface area (Å²) in [6.45, 7) is 10.1. The van der Waals surface area contributed by atoms with Gasteiger partial charge in [-0.25, -0.2) is 0 Å². The topological polar surface area (TPSA) is 18.5 Å². The van der Waals surface area contributed by atoms with Gasteiger partial charge in [-0.1, -0.05) is 20.8 Å². The molecule has 1 N–H and O–H groups in total. The number of nitrogens with zero attached hydrogens (tertiary/aromatic N) is 2. The van der Waals surface area contributed by atoms with Gasteiger partial charge < -0.3 is 5.32 Å². The van der Waals surface area contributed by atoms with Gasteiger partial charge in [0.2, 0.25) is 0 Å². The lowest BCUT2D eigenvalue weighted by atomic mass is 10.1. The molecular formula is C14H28F3N3. The van der Waals surface area contributed by atoms with E-state index in [2.05, 4.69) is 31.0 Å². The standard InChI is InChI=1S/C14H28F3N3/c1-4-13(10-18-9-12(2)3)20-7-5-19(6-8-20)11-14(15,16)17/h12-13,18H,4-11H2,1-3H3. The molecule has 0 saturated carbocycles. The molecule has 1 rings (SSSR count). The fourth-order valence-corrected chi connectivity index (χ4v) is 2.61. The van der Waals surface area contributed by atoms with Crippen LogP contribution in [-0.2, 0) is 0 Å². The second-order valence-corrected chi connectivity index (χ2v) is 6.04. The Balaban J connectivity index is 2.30. The van der Waals surface area contributed by atoms with Gasteiger partial charge >= 0.3 is 6.18 Å². The summed E-state index contributed by atoms with van der Waals surface area (Å²) >= 11 is 0. The predicted molar refractivity (Wildman–Crippen MR) is 75.9 cm³/mol. The fourth-order valence-electron chi connectivity index (χ4n) is 2.61. The Morgan fingerprint density at radius 3 is 2.10 bits per heavy atom. The first-order valence-corrected chi connectivity index (χ1v) is 7.55. The molecule has 0 bridgehead atoms. The molecule has 0 aromatic carbocycles. The quantitative estimate of drug-likeness (QED) is 0.777. The van der Waals surface area contributed by atoms with Gasteiger partial charge in [0.1, 0.15) is 0 Å². The number of alkyl halides is 3. The first-order valence-electron chi connectivity index (χ1n) is 7.55. The van der Waals surface area contributed by atoms with Gasteiger partial charge in [-0.05, 0) is 18.9 Å². The number of nitrogens with one attached hydrogen (secondary N) is 1. The summed E-state index contributed by atoms with van der Waals surface area (Å²) < 4.78 is 37.0. The molecule has 1 unspecified atom stereocenters. The van der Waals surface area contributed by atoms with E-state index in [0.29, 0.717) is 25.0 Å². The highest BCUT2D eigenvalue weighted by molar-refractivity contribution is 4.80. The maximum atomic E-state index is 12.3. The molecule has 0 aliphatic carbocycles. The van der Waals surface area contributed by atoms with Crippen molar-refractivity contribution < 1.29 is 13.2 Å². The number of halogens is 3. The lowest BCUT2D eigenvalue weighted by Gasteiger charge is -2.39. The molecule has 1 aliphatic heterocycles. The van der Waals surface area contributed by atoms with E-state index < -0.39 is 12.7 Å². The number of piperazine rings is 1. The van der Waals surface area contributed by atoms with Gasteiger partial charge in [-0.2, -0.15) is 13.2 Å². The van der Waals surface area contributed by atoms with Crippen LogP contribution >= 0.6 is 0 Å².